The van der Waals surface area contributed by atoms with Gasteiger partial charge in [-0.15, -0.1) is 0 Å². The fraction of sp³-hybridized carbons (Fsp3) is 0.273. The topological polar surface area (TPSA) is 63.4 Å². The van der Waals surface area contributed by atoms with Gasteiger partial charge in [-0.2, -0.15) is 0 Å². The first-order chi connectivity index (χ1) is 7.18. The van der Waals surface area contributed by atoms with E-state index in [4.69, 9.17) is 5.73 Å². The molecule has 0 bridgehead atoms. The minimum absolute atomic E-state index is 0.0565. The summed E-state index contributed by atoms with van der Waals surface area (Å²) in [5.74, 6) is -0.260. The third kappa shape index (κ3) is 1.08. The van der Waals surface area contributed by atoms with Gasteiger partial charge in [0, 0.05) is 5.69 Å². The van der Waals surface area contributed by atoms with E-state index in [0.29, 0.717) is 11.4 Å². The fourth-order valence-electron chi connectivity index (χ4n) is 2.10. The zero-order chi connectivity index (χ0) is 10.6. The Morgan fingerprint density at radius 2 is 1.87 bits per heavy atom. The quantitative estimate of drug-likeness (QED) is 0.540. The Labute approximate surface area is 86.7 Å². The molecule has 1 saturated heterocycles. The van der Waals surface area contributed by atoms with Crippen molar-refractivity contribution in [1.82, 2.24) is 0 Å². The summed E-state index contributed by atoms with van der Waals surface area (Å²) in [6.07, 6.45) is 0.733. The highest BCUT2D eigenvalue weighted by Gasteiger charge is 2.59. The summed E-state index contributed by atoms with van der Waals surface area (Å²) in [6, 6.07) is 6.86. The van der Waals surface area contributed by atoms with Gasteiger partial charge in [-0.05, 0) is 24.6 Å². The fourth-order valence-corrected chi connectivity index (χ4v) is 2.10. The Hall–Kier alpha value is -1.84. The second-order valence-corrected chi connectivity index (χ2v) is 4.06. The van der Waals surface area contributed by atoms with Gasteiger partial charge in [-0.3, -0.25) is 9.59 Å². The lowest BCUT2D eigenvalue weighted by Crippen LogP contribution is -2.32. The molecule has 15 heavy (non-hydrogen) atoms. The molecule has 1 heterocycles. The van der Waals surface area contributed by atoms with Gasteiger partial charge in [-0.1, -0.05) is 6.07 Å². The van der Waals surface area contributed by atoms with Crippen molar-refractivity contribution in [3.05, 3.63) is 24.3 Å². The van der Waals surface area contributed by atoms with Gasteiger partial charge in [0.05, 0.1) is 17.5 Å². The summed E-state index contributed by atoms with van der Waals surface area (Å²) < 4.78 is 0. The van der Waals surface area contributed by atoms with Crippen LogP contribution in [-0.2, 0) is 9.59 Å². The van der Waals surface area contributed by atoms with Crippen LogP contribution in [0.15, 0.2) is 24.3 Å². The monoisotopic (exact) mass is 202 g/mol. The number of hydrogen-bond acceptors (Lipinski definition) is 3. The summed E-state index contributed by atoms with van der Waals surface area (Å²) in [7, 11) is 0. The Balaban J connectivity index is 2.01. The molecule has 0 aromatic heterocycles. The zero-order valence-corrected chi connectivity index (χ0v) is 8.01. The van der Waals surface area contributed by atoms with Crippen molar-refractivity contribution in [2.75, 3.05) is 10.6 Å². The van der Waals surface area contributed by atoms with Crippen molar-refractivity contribution >= 4 is 23.2 Å². The minimum atomic E-state index is -0.0735. The molecular formula is C11H10N2O2. The van der Waals surface area contributed by atoms with Gasteiger partial charge in [-0.25, -0.2) is 4.90 Å². The van der Waals surface area contributed by atoms with E-state index in [0.717, 1.165) is 6.42 Å². The van der Waals surface area contributed by atoms with E-state index < -0.39 is 0 Å². The van der Waals surface area contributed by atoms with E-state index in [2.05, 4.69) is 0 Å². The highest BCUT2D eigenvalue weighted by atomic mass is 16.2. The second-order valence-electron chi connectivity index (χ2n) is 4.06. The lowest BCUT2D eigenvalue weighted by Gasteiger charge is -2.16. The third-order valence-corrected chi connectivity index (χ3v) is 2.99. The van der Waals surface area contributed by atoms with Crippen LogP contribution in [0.1, 0.15) is 6.42 Å². The minimum Gasteiger partial charge on any atom is -0.399 e. The van der Waals surface area contributed by atoms with Gasteiger partial charge in [0.15, 0.2) is 0 Å². The Kier molecular flexibility index (Phi) is 1.46. The number of piperidine rings is 1. The highest BCUT2D eigenvalue weighted by Crippen LogP contribution is 2.48. The number of carbonyl (C=O) groups excluding carboxylic acids is 2. The maximum Gasteiger partial charge on any atom is 0.237 e. The van der Waals surface area contributed by atoms with Crippen LogP contribution in [0.5, 0.6) is 0 Å². The van der Waals surface area contributed by atoms with E-state index in [9.17, 15) is 9.59 Å². The van der Waals surface area contributed by atoms with Crippen LogP contribution in [0.25, 0.3) is 0 Å². The summed E-state index contributed by atoms with van der Waals surface area (Å²) in [4.78, 5) is 24.7. The van der Waals surface area contributed by atoms with Gasteiger partial charge in [0.1, 0.15) is 0 Å². The van der Waals surface area contributed by atoms with Gasteiger partial charge >= 0.3 is 0 Å². The van der Waals surface area contributed by atoms with Crippen LogP contribution in [0.4, 0.5) is 11.4 Å². The van der Waals surface area contributed by atoms with Crippen LogP contribution in [0, 0.1) is 11.8 Å². The average Bonchev–Trinajstić information content (AvgIpc) is 2.92. The standard InChI is InChI=1S/C11H10N2O2/c12-6-2-1-3-7(4-6)13-10(14)8-5-9(8)11(13)15/h1-4,8-9H,5,12H2. The molecule has 0 radical (unpaired) electrons. The molecule has 2 amide bonds. The molecule has 4 nitrogen and oxygen atoms in total. The van der Waals surface area contributed by atoms with Crippen LogP contribution in [0.2, 0.25) is 0 Å². The van der Waals surface area contributed by atoms with Crippen molar-refractivity contribution in [2.45, 2.75) is 6.42 Å². The number of amides is 2. The number of carbonyl (C=O) groups is 2. The van der Waals surface area contributed by atoms with E-state index in [-0.39, 0.29) is 23.7 Å². The smallest absolute Gasteiger partial charge is 0.237 e. The molecule has 0 spiro atoms. The number of hydrogen-bond donors (Lipinski definition) is 1. The first-order valence-electron chi connectivity index (χ1n) is 4.92. The van der Waals surface area contributed by atoms with Crippen LogP contribution in [-0.4, -0.2) is 11.8 Å². The predicted octanol–water partition coefficient (Wildman–Crippen LogP) is 0.778. The normalized spacial score (nSPS) is 28.1. The van der Waals surface area contributed by atoms with Crippen molar-refractivity contribution in [1.29, 1.82) is 0 Å². The average molecular weight is 202 g/mol. The van der Waals surface area contributed by atoms with E-state index in [1.54, 1.807) is 24.3 Å². The zero-order valence-electron chi connectivity index (χ0n) is 8.01. The number of nitrogens with two attached hydrogens (primary N) is 1. The number of benzene rings is 1. The molecule has 1 aliphatic heterocycles. The van der Waals surface area contributed by atoms with Crippen LogP contribution < -0.4 is 10.6 Å². The summed E-state index contributed by atoms with van der Waals surface area (Å²) in [5, 5.41) is 0. The third-order valence-electron chi connectivity index (χ3n) is 2.99. The molecule has 2 aliphatic rings. The molecule has 76 valence electrons. The second kappa shape index (κ2) is 2.59. The number of nitrogens with zero attached hydrogens (tertiary/aromatic N) is 1. The molecule has 1 aromatic carbocycles. The number of anilines is 2. The molecule has 4 heteroatoms. The molecule has 1 aliphatic carbocycles. The molecule has 2 atom stereocenters. The number of rotatable bonds is 1. The number of fused-ring (bicyclic) bond motifs is 1. The Morgan fingerprint density at radius 1 is 1.20 bits per heavy atom. The molecule has 1 saturated carbocycles. The van der Waals surface area contributed by atoms with Gasteiger partial charge in [0.2, 0.25) is 11.8 Å². The Bertz CT molecular complexity index is 449. The Morgan fingerprint density at radius 3 is 2.47 bits per heavy atom. The number of nitrogen functional groups attached to an aromatic ring is 1. The molecule has 2 unspecified atom stereocenters. The van der Waals surface area contributed by atoms with Crippen LogP contribution in [0.3, 0.4) is 0 Å². The maximum atomic E-state index is 11.7. The van der Waals surface area contributed by atoms with E-state index in [1.807, 2.05) is 0 Å². The summed E-state index contributed by atoms with van der Waals surface area (Å²) in [5.41, 5.74) is 6.77. The van der Waals surface area contributed by atoms with Gasteiger partial charge in [0.25, 0.3) is 0 Å². The van der Waals surface area contributed by atoms with Crippen molar-refractivity contribution < 1.29 is 9.59 Å². The summed E-state index contributed by atoms with van der Waals surface area (Å²) >= 11 is 0. The molecule has 1 aromatic rings. The maximum absolute atomic E-state index is 11.7. The van der Waals surface area contributed by atoms with E-state index in [1.165, 1.54) is 4.90 Å². The van der Waals surface area contributed by atoms with Crippen molar-refractivity contribution in [3.63, 3.8) is 0 Å². The van der Waals surface area contributed by atoms with Crippen molar-refractivity contribution in [2.24, 2.45) is 11.8 Å². The lowest BCUT2D eigenvalue weighted by molar-refractivity contribution is -0.123. The molecule has 3 rings (SSSR count). The molecule has 2 fully saturated rings. The van der Waals surface area contributed by atoms with Gasteiger partial charge < -0.3 is 5.73 Å². The largest absolute Gasteiger partial charge is 0.399 e. The lowest BCUT2D eigenvalue weighted by atomic mass is 10.2. The summed E-state index contributed by atoms with van der Waals surface area (Å²) in [6.45, 7) is 0. The predicted molar refractivity (Wildman–Crippen MR) is 54.9 cm³/mol. The highest BCUT2D eigenvalue weighted by molar-refractivity contribution is 6.24. The van der Waals surface area contributed by atoms with Crippen LogP contribution >= 0.6 is 0 Å². The molecular weight excluding hydrogens is 192 g/mol. The first-order valence-corrected chi connectivity index (χ1v) is 4.92. The SMILES string of the molecule is Nc1cccc(N2C(=O)C3CC3C2=O)c1. The van der Waals surface area contributed by atoms with E-state index >= 15 is 0 Å². The number of imide groups is 1. The first kappa shape index (κ1) is 8.47. The van der Waals surface area contributed by atoms with Crippen molar-refractivity contribution in [3.8, 4) is 0 Å². The molecule has 2 N–H and O–H groups in total.